The van der Waals surface area contributed by atoms with Crippen LogP contribution in [0.15, 0.2) is 42.5 Å². The van der Waals surface area contributed by atoms with Gasteiger partial charge in [-0.3, -0.25) is 0 Å². The Kier molecular flexibility index (Phi) is 3.72. The first kappa shape index (κ1) is 15.3. The van der Waals surface area contributed by atoms with Gasteiger partial charge in [0.15, 0.2) is 0 Å². The third-order valence-electron chi connectivity index (χ3n) is 4.13. The summed E-state index contributed by atoms with van der Waals surface area (Å²) in [5.41, 5.74) is 1.95. The highest BCUT2D eigenvalue weighted by Gasteiger charge is 2.38. The van der Waals surface area contributed by atoms with Crippen LogP contribution in [0, 0.1) is 11.2 Å². The summed E-state index contributed by atoms with van der Waals surface area (Å²) in [5.74, 6) is 0.347. The van der Waals surface area contributed by atoms with Crippen LogP contribution >= 0.6 is 0 Å². The topological polar surface area (TPSA) is 58.6 Å². The molecule has 0 bridgehead atoms. The Bertz CT molecular complexity index is 758. The maximum Gasteiger partial charge on any atom is 0.405 e. The molecule has 1 aliphatic rings. The lowest BCUT2D eigenvalue weighted by atomic mass is 9.78. The van der Waals surface area contributed by atoms with Gasteiger partial charge in [0.1, 0.15) is 11.6 Å². The molecule has 1 aliphatic heterocycles. The van der Waals surface area contributed by atoms with Gasteiger partial charge < -0.3 is 15.2 Å². The number of carboxylic acid groups (broad SMARTS) is 1. The minimum Gasteiger partial charge on any atom is -0.493 e. The molecule has 5 heteroatoms. The second kappa shape index (κ2) is 5.57. The zero-order valence-electron chi connectivity index (χ0n) is 13.0. The molecule has 0 saturated carbocycles. The second-order valence-electron chi connectivity index (χ2n) is 6.42. The first-order valence-electron chi connectivity index (χ1n) is 7.39. The van der Waals surface area contributed by atoms with Gasteiger partial charge in [-0.05, 0) is 35.4 Å². The van der Waals surface area contributed by atoms with Crippen molar-refractivity contribution in [3.05, 3.63) is 53.8 Å². The molecule has 2 aromatic carbocycles. The van der Waals surface area contributed by atoms with Crippen molar-refractivity contribution in [2.45, 2.75) is 19.9 Å². The number of halogens is 1. The Morgan fingerprint density at radius 2 is 2.00 bits per heavy atom. The van der Waals surface area contributed by atoms with E-state index in [-0.39, 0.29) is 11.2 Å². The van der Waals surface area contributed by atoms with Gasteiger partial charge in [0, 0.05) is 11.0 Å². The van der Waals surface area contributed by atoms with Crippen LogP contribution in [0.5, 0.6) is 5.75 Å². The molecule has 1 heterocycles. The smallest absolute Gasteiger partial charge is 0.405 e. The number of fused-ring (bicyclic) bond motifs is 1. The maximum absolute atomic E-state index is 13.4. The fourth-order valence-electron chi connectivity index (χ4n) is 2.92. The highest BCUT2D eigenvalue weighted by molar-refractivity contribution is 5.69. The molecule has 0 saturated heterocycles. The Morgan fingerprint density at radius 3 is 2.70 bits per heavy atom. The summed E-state index contributed by atoms with van der Waals surface area (Å²) in [5, 5.41) is 11.7. The molecule has 1 amide bonds. The minimum atomic E-state index is -1.08. The highest BCUT2D eigenvalue weighted by Crippen LogP contribution is 2.44. The van der Waals surface area contributed by atoms with E-state index in [4.69, 9.17) is 9.84 Å². The molecule has 2 aromatic rings. The summed E-state index contributed by atoms with van der Waals surface area (Å²) in [6.07, 6.45) is -1.08. The van der Waals surface area contributed by atoms with Crippen LogP contribution in [0.3, 0.4) is 0 Å². The number of nitrogens with one attached hydrogen (secondary N) is 1. The van der Waals surface area contributed by atoms with E-state index in [1.807, 2.05) is 32.0 Å². The van der Waals surface area contributed by atoms with Crippen molar-refractivity contribution < 1.29 is 19.0 Å². The van der Waals surface area contributed by atoms with Gasteiger partial charge in [-0.1, -0.05) is 32.0 Å². The number of hydrogen-bond donors (Lipinski definition) is 2. The van der Waals surface area contributed by atoms with E-state index >= 15 is 0 Å². The van der Waals surface area contributed by atoms with Crippen LogP contribution in [-0.4, -0.2) is 17.8 Å². The van der Waals surface area contributed by atoms with E-state index < -0.39 is 12.1 Å². The number of hydrogen-bond acceptors (Lipinski definition) is 2. The molecular formula is C18H18FNO3. The summed E-state index contributed by atoms with van der Waals surface area (Å²) < 4.78 is 19.2. The molecule has 2 N–H and O–H groups in total. The molecule has 1 atom stereocenters. The first-order chi connectivity index (χ1) is 10.9. The molecule has 0 radical (unpaired) electrons. The van der Waals surface area contributed by atoms with E-state index in [0.29, 0.717) is 12.4 Å². The van der Waals surface area contributed by atoms with Gasteiger partial charge in [-0.15, -0.1) is 0 Å². The van der Waals surface area contributed by atoms with Crippen molar-refractivity contribution >= 4 is 6.09 Å². The van der Waals surface area contributed by atoms with Crippen molar-refractivity contribution in [2.75, 3.05) is 6.61 Å². The molecule has 0 fully saturated rings. The predicted molar refractivity (Wildman–Crippen MR) is 85.0 cm³/mol. The lowest BCUT2D eigenvalue weighted by Gasteiger charge is -2.39. The zero-order chi connectivity index (χ0) is 16.6. The summed E-state index contributed by atoms with van der Waals surface area (Å²) in [4.78, 5) is 11.2. The molecule has 1 unspecified atom stereocenters. The average Bonchev–Trinajstić information content (AvgIpc) is 2.49. The second-order valence-corrected chi connectivity index (χ2v) is 6.42. The van der Waals surface area contributed by atoms with Gasteiger partial charge >= 0.3 is 6.09 Å². The molecule has 0 spiro atoms. The van der Waals surface area contributed by atoms with Gasteiger partial charge in [-0.2, -0.15) is 0 Å². The first-order valence-corrected chi connectivity index (χ1v) is 7.39. The van der Waals surface area contributed by atoms with Gasteiger partial charge in [0.25, 0.3) is 0 Å². The monoisotopic (exact) mass is 315 g/mol. The standard InChI is InChI=1S/C18H18FNO3/c1-18(2)10-23-15-7-6-12(11-4-3-5-13(19)8-11)9-14(15)16(18)20-17(21)22/h3-9,16,20H,10H2,1-2H3,(H,21,22). The largest absolute Gasteiger partial charge is 0.493 e. The van der Waals surface area contributed by atoms with Crippen LogP contribution in [0.1, 0.15) is 25.5 Å². The lowest BCUT2D eigenvalue weighted by Crippen LogP contribution is -2.43. The molecule has 0 aliphatic carbocycles. The van der Waals surface area contributed by atoms with E-state index in [9.17, 15) is 9.18 Å². The summed E-state index contributed by atoms with van der Waals surface area (Å²) >= 11 is 0. The molecule has 3 rings (SSSR count). The normalized spacial score (nSPS) is 18.7. The van der Waals surface area contributed by atoms with Crippen molar-refractivity contribution in [1.82, 2.24) is 5.32 Å². The van der Waals surface area contributed by atoms with Crippen LogP contribution in [0.25, 0.3) is 11.1 Å². The minimum absolute atomic E-state index is 0.308. The van der Waals surface area contributed by atoms with Crippen molar-refractivity contribution in [1.29, 1.82) is 0 Å². The van der Waals surface area contributed by atoms with Gasteiger partial charge in [-0.25, -0.2) is 9.18 Å². The molecule has 120 valence electrons. The summed E-state index contributed by atoms with van der Waals surface area (Å²) in [6, 6.07) is 11.4. The Labute approximate surface area is 133 Å². The summed E-state index contributed by atoms with van der Waals surface area (Å²) in [6.45, 7) is 4.32. The van der Waals surface area contributed by atoms with Crippen molar-refractivity contribution in [2.24, 2.45) is 5.41 Å². The van der Waals surface area contributed by atoms with Gasteiger partial charge in [0.05, 0.1) is 12.6 Å². The summed E-state index contributed by atoms with van der Waals surface area (Å²) in [7, 11) is 0. The number of benzene rings is 2. The van der Waals surface area contributed by atoms with E-state index in [1.165, 1.54) is 12.1 Å². The average molecular weight is 315 g/mol. The van der Waals surface area contributed by atoms with E-state index in [0.717, 1.165) is 16.7 Å². The van der Waals surface area contributed by atoms with Crippen LogP contribution < -0.4 is 10.1 Å². The Hall–Kier alpha value is -2.56. The number of carbonyl (C=O) groups is 1. The van der Waals surface area contributed by atoms with E-state index in [1.54, 1.807) is 12.1 Å². The number of ether oxygens (including phenoxy) is 1. The highest BCUT2D eigenvalue weighted by atomic mass is 19.1. The molecule has 4 nitrogen and oxygen atoms in total. The van der Waals surface area contributed by atoms with Crippen LogP contribution in [0.4, 0.5) is 9.18 Å². The molecule has 0 aromatic heterocycles. The fraction of sp³-hybridized carbons (Fsp3) is 0.278. The SMILES string of the molecule is CC1(C)COc2ccc(-c3cccc(F)c3)cc2C1NC(=O)O. The quantitative estimate of drug-likeness (QED) is 0.872. The van der Waals surface area contributed by atoms with Crippen LogP contribution in [0.2, 0.25) is 0 Å². The number of rotatable bonds is 2. The van der Waals surface area contributed by atoms with Crippen LogP contribution in [-0.2, 0) is 0 Å². The van der Waals surface area contributed by atoms with Gasteiger partial charge in [0.2, 0.25) is 0 Å². The molecular weight excluding hydrogens is 297 g/mol. The lowest BCUT2D eigenvalue weighted by molar-refractivity contribution is 0.0996. The zero-order valence-corrected chi connectivity index (χ0v) is 13.0. The Morgan fingerprint density at radius 1 is 1.26 bits per heavy atom. The van der Waals surface area contributed by atoms with E-state index in [2.05, 4.69) is 5.32 Å². The van der Waals surface area contributed by atoms with Crippen molar-refractivity contribution in [3.63, 3.8) is 0 Å². The number of amides is 1. The third kappa shape index (κ3) is 2.99. The maximum atomic E-state index is 13.4. The van der Waals surface area contributed by atoms with Crippen molar-refractivity contribution in [3.8, 4) is 16.9 Å². The predicted octanol–water partition coefficient (Wildman–Crippen LogP) is 4.22. The third-order valence-corrected chi connectivity index (χ3v) is 4.13. The Balaban J connectivity index is 2.08. The molecule has 23 heavy (non-hydrogen) atoms. The fourth-order valence-corrected chi connectivity index (χ4v) is 2.92.